The fourth-order valence-corrected chi connectivity index (χ4v) is 2.42. The zero-order valence-electron chi connectivity index (χ0n) is 9.88. The SMILES string of the molecule is Clc1cc2nnc(-c3ccc4c(c3)COC4)n2cn1. The molecule has 2 aromatic heterocycles. The van der Waals surface area contributed by atoms with Crippen molar-refractivity contribution in [3.63, 3.8) is 0 Å². The van der Waals surface area contributed by atoms with Crippen LogP contribution >= 0.6 is 11.6 Å². The lowest BCUT2D eigenvalue weighted by atomic mass is 10.1. The first-order valence-corrected chi connectivity index (χ1v) is 6.25. The molecule has 0 N–H and O–H groups in total. The number of fused-ring (bicyclic) bond motifs is 2. The third-order valence-corrected chi connectivity index (χ3v) is 3.45. The Morgan fingerprint density at radius 3 is 2.95 bits per heavy atom. The third-order valence-electron chi connectivity index (χ3n) is 3.25. The molecule has 1 aromatic carbocycles. The summed E-state index contributed by atoms with van der Waals surface area (Å²) in [5.41, 5.74) is 4.13. The number of benzene rings is 1. The van der Waals surface area contributed by atoms with Crippen LogP contribution in [0.1, 0.15) is 11.1 Å². The molecule has 0 bridgehead atoms. The highest BCUT2D eigenvalue weighted by molar-refractivity contribution is 6.29. The summed E-state index contributed by atoms with van der Waals surface area (Å²) >= 11 is 5.84. The normalized spacial score (nSPS) is 13.9. The predicted octanol–water partition coefficient (Wildman–Crippen LogP) is 2.47. The van der Waals surface area contributed by atoms with Crippen molar-refractivity contribution >= 4 is 17.2 Å². The van der Waals surface area contributed by atoms with Crippen LogP contribution in [0.15, 0.2) is 30.6 Å². The first-order valence-electron chi connectivity index (χ1n) is 5.87. The van der Waals surface area contributed by atoms with Crippen LogP contribution in [0.5, 0.6) is 0 Å². The lowest BCUT2D eigenvalue weighted by Gasteiger charge is -2.02. The van der Waals surface area contributed by atoms with E-state index in [-0.39, 0.29) is 0 Å². The maximum Gasteiger partial charge on any atom is 0.169 e. The van der Waals surface area contributed by atoms with Crippen molar-refractivity contribution in [1.29, 1.82) is 0 Å². The van der Waals surface area contributed by atoms with Crippen molar-refractivity contribution in [1.82, 2.24) is 19.6 Å². The van der Waals surface area contributed by atoms with E-state index in [4.69, 9.17) is 16.3 Å². The van der Waals surface area contributed by atoms with Gasteiger partial charge in [-0.1, -0.05) is 23.7 Å². The van der Waals surface area contributed by atoms with Crippen LogP contribution in [-0.4, -0.2) is 19.6 Å². The summed E-state index contributed by atoms with van der Waals surface area (Å²) in [6.07, 6.45) is 1.64. The van der Waals surface area contributed by atoms with Crippen LogP contribution in [0.2, 0.25) is 5.15 Å². The van der Waals surface area contributed by atoms with Crippen molar-refractivity contribution < 1.29 is 4.74 Å². The van der Waals surface area contributed by atoms with Gasteiger partial charge in [0, 0.05) is 11.6 Å². The molecule has 0 amide bonds. The van der Waals surface area contributed by atoms with Gasteiger partial charge in [-0.25, -0.2) is 4.98 Å². The highest BCUT2D eigenvalue weighted by atomic mass is 35.5. The monoisotopic (exact) mass is 272 g/mol. The number of halogens is 1. The van der Waals surface area contributed by atoms with E-state index >= 15 is 0 Å². The zero-order valence-corrected chi connectivity index (χ0v) is 10.6. The van der Waals surface area contributed by atoms with Gasteiger partial charge in [-0.15, -0.1) is 10.2 Å². The second-order valence-corrected chi connectivity index (χ2v) is 4.83. The first kappa shape index (κ1) is 10.9. The van der Waals surface area contributed by atoms with Crippen LogP contribution in [0, 0.1) is 0 Å². The Hall–Kier alpha value is -1.98. The second kappa shape index (κ2) is 4.01. The molecule has 3 aromatic rings. The fraction of sp³-hybridized carbons (Fsp3) is 0.154. The number of nitrogens with zero attached hydrogens (tertiary/aromatic N) is 4. The minimum atomic E-state index is 0.411. The molecular weight excluding hydrogens is 264 g/mol. The minimum Gasteiger partial charge on any atom is -0.372 e. The number of rotatable bonds is 1. The Balaban J connectivity index is 1.90. The summed E-state index contributed by atoms with van der Waals surface area (Å²) in [5.74, 6) is 0.758. The molecule has 0 saturated carbocycles. The number of hydrogen-bond donors (Lipinski definition) is 0. The van der Waals surface area contributed by atoms with E-state index in [1.165, 1.54) is 11.1 Å². The van der Waals surface area contributed by atoms with Gasteiger partial charge in [0.25, 0.3) is 0 Å². The smallest absolute Gasteiger partial charge is 0.169 e. The molecule has 19 heavy (non-hydrogen) atoms. The number of hydrogen-bond acceptors (Lipinski definition) is 4. The summed E-state index contributed by atoms with van der Waals surface area (Å²) < 4.78 is 7.24. The lowest BCUT2D eigenvalue weighted by molar-refractivity contribution is 0.134. The second-order valence-electron chi connectivity index (χ2n) is 4.44. The van der Waals surface area contributed by atoms with E-state index in [2.05, 4.69) is 27.3 Å². The molecular formula is C13H9ClN4O. The van der Waals surface area contributed by atoms with Crippen molar-refractivity contribution in [2.45, 2.75) is 13.2 Å². The van der Waals surface area contributed by atoms with Gasteiger partial charge in [0.15, 0.2) is 11.5 Å². The van der Waals surface area contributed by atoms with E-state index in [1.807, 2.05) is 10.5 Å². The van der Waals surface area contributed by atoms with E-state index in [9.17, 15) is 0 Å². The first-order chi connectivity index (χ1) is 9.31. The molecule has 0 aliphatic carbocycles. The molecule has 6 heteroatoms. The average Bonchev–Trinajstić information content (AvgIpc) is 3.02. The molecule has 0 spiro atoms. The van der Waals surface area contributed by atoms with Crippen molar-refractivity contribution in [3.8, 4) is 11.4 Å². The van der Waals surface area contributed by atoms with Gasteiger partial charge >= 0.3 is 0 Å². The number of aromatic nitrogens is 4. The largest absolute Gasteiger partial charge is 0.372 e. The highest BCUT2D eigenvalue weighted by Crippen LogP contribution is 2.26. The molecule has 0 radical (unpaired) electrons. The van der Waals surface area contributed by atoms with Crippen molar-refractivity contribution in [3.05, 3.63) is 46.9 Å². The molecule has 4 rings (SSSR count). The molecule has 94 valence electrons. The van der Waals surface area contributed by atoms with E-state index < -0.39 is 0 Å². The summed E-state index contributed by atoms with van der Waals surface area (Å²) in [4.78, 5) is 4.06. The molecule has 3 heterocycles. The maximum absolute atomic E-state index is 5.84. The summed E-state index contributed by atoms with van der Waals surface area (Å²) in [7, 11) is 0. The highest BCUT2D eigenvalue weighted by Gasteiger charge is 2.14. The molecule has 0 atom stereocenters. The van der Waals surface area contributed by atoms with Crippen molar-refractivity contribution in [2.75, 3.05) is 0 Å². The van der Waals surface area contributed by atoms with Crippen LogP contribution < -0.4 is 0 Å². The Bertz CT molecular complexity index is 783. The molecule has 0 saturated heterocycles. The Labute approximate surface area is 113 Å². The maximum atomic E-state index is 5.84. The van der Waals surface area contributed by atoms with Gasteiger partial charge in [0.2, 0.25) is 0 Å². The van der Waals surface area contributed by atoms with Crippen LogP contribution in [0.25, 0.3) is 17.0 Å². The summed E-state index contributed by atoms with van der Waals surface area (Å²) in [6.45, 7) is 1.34. The van der Waals surface area contributed by atoms with E-state index in [0.717, 1.165) is 11.4 Å². The molecule has 5 nitrogen and oxygen atoms in total. The predicted molar refractivity (Wildman–Crippen MR) is 69.7 cm³/mol. The Kier molecular flexibility index (Phi) is 2.30. The van der Waals surface area contributed by atoms with E-state index in [0.29, 0.717) is 24.0 Å². The van der Waals surface area contributed by atoms with Gasteiger partial charge in [-0.2, -0.15) is 0 Å². The van der Waals surface area contributed by atoms with Crippen molar-refractivity contribution in [2.24, 2.45) is 0 Å². The molecule has 1 aliphatic rings. The zero-order chi connectivity index (χ0) is 12.8. The van der Waals surface area contributed by atoms with Gasteiger partial charge in [0.05, 0.1) is 13.2 Å². The Morgan fingerprint density at radius 2 is 2.00 bits per heavy atom. The van der Waals surface area contributed by atoms with E-state index in [1.54, 1.807) is 12.4 Å². The molecule has 1 aliphatic heterocycles. The fourth-order valence-electron chi connectivity index (χ4n) is 2.28. The summed E-state index contributed by atoms with van der Waals surface area (Å²) in [5, 5.41) is 8.72. The van der Waals surface area contributed by atoms with Gasteiger partial charge < -0.3 is 4.74 Å². The Morgan fingerprint density at radius 1 is 1.11 bits per heavy atom. The average molecular weight is 273 g/mol. The van der Waals surface area contributed by atoms with Gasteiger partial charge in [-0.3, -0.25) is 4.40 Å². The topological polar surface area (TPSA) is 52.3 Å². The number of ether oxygens (including phenoxy) is 1. The van der Waals surface area contributed by atoms with Gasteiger partial charge in [-0.05, 0) is 17.2 Å². The standard InChI is InChI=1S/C13H9ClN4O/c14-11-4-12-16-17-13(18(12)7-15-11)8-1-2-9-5-19-6-10(9)3-8/h1-4,7H,5-6H2. The molecule has 0 fully saturated rings. The van der Waals surface area contributed by atoms with Crippen LogP contribution in [0.3, 0.4) is 0 Å². The summed E-state index contributed by atoms with van der Waals surface area (Å²) in [6, 6.07) is 7.88. The van der Waals surface area contributed by atoms with Gasteiger partial charge in [0.1, 0.15) is 11.5 Å². The minimum absolute atomic E-state index is 0.411. The third kappa shape index (κ3) is 1.70. The van der Waals surface area contributed by atoms with Crippen LogP contribution in [0.4, 0.5) is 0 Å². The quantitative estimate of drug-likeness (QED) is 0.639. The van der Waals surface area contributed by atoms with Crippen LogP contribution in [-0.2, 0) is 18.0 Å². The molecule has 0 unspecified atom stereocenters. The lowest BCUT2D eigenvalue weighted by Crippen LogP contribution is -1.92.